The summed E-state index contributed by atoms with van der Waals surface area (Å²) in [5.74, 6) is 0.309. The number of nitrogens with zero attached hydrogens (tertiary/aromatic N) is 1. The number of thioether (sulfide) groups is 1. The summed E-state index contributed by atoms with van der Waals surface area (Å²) < 4.78 is 42.6. The van der Waals surface area contributed by atoms with Crippen LogP contribution >= 0.6 is 46.6 Å². The van der Waals surface area contributed by atoms with Crippen LogP contribution < -0.4 is 14.2 Å². The summed E-state index contributed by atoms with van der Waals surface area (Å²) >= 11 is 19.4. The number of halogens is 5. The Morgan fingerprint density at radius 3 is 2.46 bits per heavy atom. The van der Waals surface area contributed by atoms with E-state index in [9.17, 15) is 18.8 Å². The average molecular weight is 591 g/mol. The molecule has 1 atom stereocenters. The van der Waals surface area contributed by atoms with Crippen LogP contribution in [0.1, 0.15) is 30.1 Å². The van der Waals surface area contributed by atoms with Gasteiger partial charge in [0.1, 0.15) is 16.1 Å². The maximum absolute atomic E-state index is 13.0. The summed E-state index contributed by atoms with van der Waals surface area (Å²) in [6.07, 6.45) is 3.29. The molecule has 0 spiro atoms. The van der Waals surface area contributed by atoms with E-state index in [0.717, 1.165) is 37.0 Å². The normalized spacial score (nSPS) is 13.9. The van der Waals surface area contributed by atoms with Gasteiger partial charge in [-0.2, -0.15) is 13.5 Å². The predicted octanol–water partition coefficient (Wildman–Crippen LogP) is 7.88. The Hall–Kier alpha value is -2.46. The van der Waals surface area contributed by atoms with Crippen LogP contribution in [0.5, 0.6) is 11.5 Å². The molecule has 3 aromatic rings. The van der Waals surface area contributed by atoms with Gasteiger partial charge in [0.25, 0.3) is 0 Å². The van der Waals surface area contributed by atoms with Gasteiger partial charge in [-0.3, -0.25) is 0 Å². The minimum Gasteiger partial charge on any atom is -0.619 e. The maximum Gasteiger partial charge on any atom is 0.387 e. The Kier molecular flexibility index (Phi) is 9.23. The number of hydrogen-bond acceptors (Lipinski definition) is 6. The van der Waals surface area contributed by atoms with Crippen LogP contribution in [0.4, 0.5) is 13.6 Å². The fourth-order valence-electron chi connectivity index (χ4n) is 3.43. The lowest BCUT2D eigenvalue weighted by atomic mass is 10.0. The maximum atomic E-state index is 13.0. The lowest BCUT2D eigenvalue weighted by molar-refractivity contribution is -0.605. The predicted molar refractivity (Wildman–Crippen MR) is 137 cm³/mol. The van der Waals surface area contributed by atoms with Gasteiger partial charge in [0, 0.05) is 21.9 Å². The highest BCUT2D eigenvalue weighted by atomic mass is 35.5. The Bertz CT molecular complexity index is 1260. The van der Waals surface area contributed by atoms with Crippen molar-refractivity contribution in [3.63, 3.8) is 0 Å². The fraction of sp³-hybridized carbons (Fsp3) is 0.280. The van der Waals surface area contributed by atoms with Crippen molar-refractivity contribution in [2.75, 3.05) is 6.61 Å². The molecule has 1 heterocycles. The molecule has 0 amide bonds. The first-order valence-electron chi connectivity index (χ1n) is 11.1. The number of pyridine rings is 1. The van der Waals surface area contributed by atoms with Crippen molar-refractivity contribution >= 4 is 51.9 Å². The Morgan fingerprint density at radius 2 is 1.81 bits per heavy atom. The van der Waals surface area contributed by atoms with Crippen LogP contribution in [-0.4, -0.2) is 18.5 Å². The highest BCUT2D eigenvalue weighted by Gasteiger charge is 2.26. The van der Waals surface area contributed by atoms with Gasteiger partial charge >= 0.3 is 11.9 Å². The number of carbonyl (C=O) groups excluding carboxylic acids is 1. The second-order valence-corrected chi connectivity index (χ2v) is 10.5. The Morgan fingerprint density at radius 1 is 1.08 bits per heavy atom. The van der Waals surface area contributed by atoms with Crippen molar-refractivity contribution in [1.82, 2.24) is 0 Å². The molecule has 1 aliphatic rings. The molecule has 0 radical (unpaired) electrons. The second kappa shape index (κ2) is 12.4. The van der Waals surface area contributed by atoms with Crippen molar-refractivity contribution in [1.29, 1.82) is 0 Å². The molecular formula is C25H20Cl3F2NO5S. The molecule has 0 aliphatic heterocycles. The number of carbonyl (C=O) groups is 1. The van der Waals surface area contributed by atoms with E-state index in [0.29, 0.717) is 38.3 Å². The lowest BCUT2D eigenvalue weighted by Gasteiger charge is -2.21. The van der Waals surface area contributed by atoms with Crippen LogP contribution in [0.3, 0.4) is 0 Å². The van der Waals surface area contributed by atoms with E-state index in [2.05, 4.69) is 4.74 Å². The van der Waals surface area contributed by atoms with Gasteiger partial charge in [0.15, 0.2) is 23.9 Å². The van der Waals surface area contributed by atoms with Crippen molar-refractivity contribution in [2.45, 2.75) is 36.9 Å². The zero-order valence-electron chi connectivity index (χ0n) is 19.0. The largest absolute Gasteiger partial charge is 0.619 e. The van der Waals surface area contributed by atoms with Gasteiger partial charge in [-0.05, 0) is 66.4 Å². The molecule has 0 saturated heterocycles. The van der Waals surface area contributed by atoms with Crippen molar-refractivity contribution < 1.29 is 32.5 Å². The number of benzene rings is 2. The number of ether oxygens (including phenoxy) is 3. The van der Waals surface area contributed by atoms with Crippen LogP contribution in [0.25, 0.3) is 0 Å². The zero-order chi connectivity index (χ0) is 26.5. The number of hydrogen-bond donors (Lipinski definition) is 0. The van der Waals surface area contributed by atoms with E-state index in [1.807, 2.05) is 0 Å². The summed E-state index contributed by atoms with van der Waals surface area (Å²) in [7, 11) is 0. The summed E-state index contributed by atoms with van der Waals surface area (Å²) in [6.45, 7) is -2.70. The lowest BCUT2D eigenvalue weighted by Crippen LogP contribution is -2.25. The molecule has 0 bridgehead atoms. The van der Waals surface area contributed by atoms with Crippen LogP contribution in [0.2, 0.25) is 15.1 Å². The van der Waals surface area contributed by atoms with E-state index in [-0.39, 0.29) is 28.0 Å². The molecule has 1 fully saturated rings. The SMILES string of the molecule is O=C(OC(Cc1c(Cl)c[n+]([O-])cc1Cl)c1ccc(OC(F)F)c(OCC2CC2)c1)Sc1cccc(Cl)c1. The van der Waals surface area contributed by atoms with Crippen molar-refractivity contribution in [2.24, 2.45) is 5.92 Å². The molecule has 37 heavy (non-hydrogen) atoms. The fourth-order valence-corrected chi connectivity index (χ4v) is 4.97. The number of alkyl halides is 2. The molecule has 1 aliphatic carbocycles. The summed E-state index contributed by atoms with van der Waals surface area (Å²) in [5.41, 5.74) is 0.799. The quantitative estimate of drug-likeness (QED) is 0.104. The molecule has 0 N–H and O–H groups in total. The Labute approximate surface area is 231 Å². The highest BCUT2D eigenvalue weighted by Crippen LogP contribution is 2.38. The van der Waals surface area contributed by atoms with Gasteiger partial charge in [0.2, 0.25) is 0 Å². The third kappa shape index (κ3) is 8.01. The Balaban J connectivity index is 1.64. The second-order valence-electron chi connectivity index (χ2n) is 8.25. The van der Waals surface area contributed by atoms with Crippen molar-refractivity contribution in [3.05, 3.63) is 86.3 Å². The molecule has 4 rings (SSSR count). The van der Waals surface area contributed by atoms with Gasteiger partial charge in [-0.15, -0.1) is 0 Å². The molecule has 1 saturated carbocycles. The monoisotopic (exact) mass is 589 g/mol. The first-order chi connectivity index (χ1) is 17.7. The smallest absolute Gasteiger partial charge is 0.387 e. The zero-order valence-corrected chi connectivity index (χ0v) is 22.1. The average Bonchev–Trinajstić information content (AvgIpc) is 3.64. The first-order valence-corrected chi connectivity index (χ1v) is 13.0. The van der Waals surface area contributed by atoms with E-state index in [4.69, 9.17) is 44.3 Å². The van der Waals surface area contributed by atoms with Crippen molar-refractivity contribution in [3.8, 4) is 11.5 Å². The highest BCUT2D eigenvalue weighted by molar-refractivity contribution is 8.13. The van der Waals surface area contributed by atoms with E-state index in [1.165, 1.54) is 18.2 Å². The third-order valence-electron chi connectivity index (χ3n) is 5.41. The molecule has 1 aromatic heterocycles. The number of aromatic nitrogens is 1. The van der Waals surface area contributed by atoms with E-state index >= 15 is 0 Å². The molecule has 1 unspecified atom stereocenters. The third-order valence-corrected chi connectivity index (χ3v) is 7.05. The molecule has 6 nitrogen and oxygen atoms in total. The molecule has 2 aromatic carbocycles. The summed E-state index contributed by atoms with van der Waals surface area (Å²) in [6, 6.07) is 11.0. The number of rotatable bonds is 10. The van der Waals surface area contributed by atoms with Gasteiger partial charge in [0.05, 0.1) is 6.61 Å². The standard InChI is InChI=1S/C25H20Cl3F2NO5S/c26-16-2-1-3-17(9-16)37-25(32)36-22(10-18-19(27)11-31(33)12-20(18)28)15-6-7-21(35-24(29)30)23(8-15)34-13-14-4-5-14/h1-3,6-9,11-12,14,22,24H,4-5,10,13H2. The van der Waals surface area contributed by atoms with E-state index < -0.39 is 18.0 Å². The summed E-state index contributed by atoms with van der Waals surface area (Å²) in [5, 5.41) is 11.6. The molecule has 12 heteroatoms. The first kappa shape index (κ1) is 27.6. The summed E-state index contributed by atoms with van der Waals surface area (Å²) in [4.78, 5) is 13.4. The molecular weight excluding hydrogens is 571 g/mol. The van der Waals surface area contributed by atoms with Gasteiger partial charge in [-0.1, -0.05) is 46.9 Å². The van der Waals surface area contributed by atoms with E-state index in [1.54, 1.807) is 24.3 Å². The van der Waals surface area contributed by atoms with Crippen LogP contribution in [0.15, 0.2) is 59.8 Å². The van der Waals surface area contributed by atoms with Gasteiger partial charge < -0.3 is 19.4 Å². The van der Waals surface area contributed by atoms with Crippen LogP contribution in [0, 0.1) is 11.1 Å². The minimum atomic E-state index is -3.04. The minimum absolute atomic E-state index is 0.00251. The van der Waals surface area contributed by atoms with Gasteiger partial charge in [-0.25, -0.2) is 4.79 Å². The topological polar surface area (TPSA) is 71.7 Å². The van der Waals surface area contributed by atoms with Crippen LogP contribution in [-0.2, 0) is 11.2 Å². The molecule has 196 valence electrons.